The molecule has 0 aromatic carbocycles. The van der Waals surface area contributed by atoms with Crippen LogP contribution in [-0.2, 0) is 9.47 Å². The van der Waals surface area contributed by atoms with Crippen LogP contribution in [0.25, 0.3) is 0 Å². The van der Waals surface area contributed by atoms with Crippen LogP contribution in [-0.4, -0.2) is 56.0 Å². The standard InChI is InChI=1S/C13H28N2O2/c1-5-11-10-15(8-9-17-11)7-6-12(14)13(2,3)16-4/h11-12H,5-10,14H2,1-4H3. The number of ether oxygens (including phenoxy) is 2. The van der Waals surface area contributed by atoms with Crippen LogP contribution >= 0.6 is 0 Å². The van der Waals surface area contributed by atoms with Crippen molar-refractivity contribution < 1.29 is 9.47 Å². The summed E-state index contributed by atoms with van der Waals surface area (Å²) in [5, 5.41) is 0. The Morgan fingerprint density at radius 1 is 1.53 bits per heavy atom. The maximum absolute atomic E-state index is 6.16. The summed E-state index contributed by atoms with van der Waals surface area (Å²) in [5.41, 5.74) is 5.92. The minimum Gasteiger partial charge on any atom is -0.377 e. The van der Waals surface area contributed by atoms with Gasteiger partial charge in [-0.3, -0.25) is 4.90 Å². The lowest BCUT2D eigenvalue weighted by molar-refractivity contribution is -0.0368. The first kappa shape index (κ1) is 14.9. The molecule has 2 atom stereocenters. The second-order valence-corrected chi connectivity index (χ2v) is 5.40. The van der Waals surface area contributed by atoms with Crippen molar-refractivity contribution in [3.63, 3.8) is 0 Å². The molecule has 1 aliphatic rings. The van der Waals surface area contributed by atoms with Gasteiger partial charge in [0.15, 0.2) is 0 Å². The highest BCUT2D eigenvalue weighted by molar-refractivity contribution is 4.83. The Kier molecular flexibility index (Phi) is 5.86. The van der Waals surface area contributed by atoms with E-state index in [9.17, 15) is 0 Å². The van der Waals surface area contributed by atoms with E-state index < -0.39 is 0 Å². The molecule has 1 heterocycles. The Hall–Kier alpha value is -0.160. The predicted octanol–water partition coefficient (Wildman–Crippen LogP) is 1.24. The Bertz CT molecular complexity index is 221. The summed E-state index contributed by atoms with van der Waals surface area (Å²) in [7, 11) is 1.72. The number of methoxy groups -OCH3 is 1. The van der Waals surface area contributed by atoms with E-state index >= 15 is 0 Å². The summed E-state index contributed by atoms with van der Waals surface area (Å²) in [6.07, 6.45) is 2.46. The van der Waals surface area contributed by atoms with Gasteiger partial charge in [0.25, 0.3) is 0 Å². The van der Waals surface area contributed by atoms with Crippen LogP contribution in [0.3, 0.4) is 0 Å². The van der Waals surface area contributed by atoms with Crippen molar-refractivity contribution in [3.05, 3.63) is 0 Å². The number of morpholine rings is 1. The van der Waals surface area contributed by atoms with Crippen LogP contribution in [0.1, 0.15) is 33.6 Å². The van der Waals surface area contributed by atoms with Gasteiger partial charge in [-0.2, -0.15) is 0 Å². The highest BCUT2D eigenvalue weighted by Crippen LogP contribution is 2.16. The van der Waals surface area contributed by atoms with Crippen LogP contribution in [0.5, 0.6) is 0 Å². The molecule has 1 aliphatic heterocycles. The molecule has 0 amide bonds. The van der Waals surface area contributed by atoms with Gasteiger partial charge in [0.1, 0.15) is 0 Å². The molecule has 2 N–H and O–H groups in total. The minimum atomic E-state index is -0.240. The van der Waals surface area contributed by atoms with E-state index in [0.717, 1.165) is 39.1 Å². The molecule has 2 unspecified atom stereocenters. The molecule has 4 heteroatoms. The Labute approximate surface area is 105 Å². The molecule has 1 fully saturated rings. The normalized spacial score (nSPS) is 24.9. The number of hydrogen-bond acceptors (Lipinski definition) is 4. The maximum Gasteiger partial charge on any atom is 0.0773 e. The van der Waals surface area contributed by atoms with E-state index in [1.165, 1.54) is 0 Å². The summed E-state index contributed by atoms with van der Waals surface area (Å²) >= 11 is 0. The molecule has 102 valence electrons. The Morgan fingerprint density at radius 2 is 2.24 bits per heavy atom. The molecule has 0 aromatic heterocycles. The molecule has 0 bridgehead atoms. The van der Waals surface area contributed by atoms with E-state index in [-0.39, 0.29) is 11.6 Å². The zero-order chi connectivity index (χ0) is 12.9. The SMILES string of the molecule is CCC1CN(CCC(N)C(C)(C)OC)CCO1. The Balaban J connectivity index is 2.30. The lowest BCUT2D eigenvalue weighted by Gasteiger charge is -2.35. The highest BCUT2D eigenvalue weighted by atomic mass is 16.5. The largest absolute Gasteiger partial charge is 0.377 e. The predicted molar refractivity (Wildman–Crippen MR) is 70.2 cm³/mol. The van der Waals surface area contributed by atoms with E-state index in [1.807, 2.05) is 13.8 Å². The van der Waals surface area contributed by atoms with Crippen molar-refractivity contribution in [1.29, 1.82) is 0 Å². The molecule has 0 aliphatic carbocycles. The molecule has 1 saturated heterocycles. The van der Waals surface area contributed by atoms with E-state index in [1.54, 1.807) is 7.11 Å². The van der Waals surface area contributed by atoms with Crippen molar-refractivity contribution >= 4 is 0 Å². The highest BCUT2D eigenvalue weighted by Gasteiger charge is 2.27. The van der Waals surface area contributed by atoms with E-state index in [2.05, 4.69) is 11.8 Å². The number of nitrogens with zero attached hydrogens (tertiary/aromatic N) is 1. The van der Waals surface area contributed by atoms with Gasteiger partial charge in [-0.25, -0.2) is 0 Å². The summed E-state index contributed by atoms with van der Waals surface area (Å²) in [6, 6.07) is 0.0791. The van der Waals surface area contributed by atoms with Gasteiger partial charge in [0.2, 0.25) is 0 Å². The van der Waals surface area contributed by atoms with Gasteiger partial charge in [-0.1, -0.05) is 6.92 Å². The van der Waals surface area contributed by atoms with Gasteiger partial charge in [0.05, 0.1) is 18.3 Å². The van der Waals surface area contributed by atoms with Crippen LogP contribution < -0.4 is 5.73 Å². The summed E-state index contributed by atoms with van der Waals surface area (Å²) in [4.78, 5) is 2.45. The molecule has 0 spiro atoms. The quantitative estimate of drug-likeness (QED) is 0.763. The summed E-state index contributed by atoms with van der Waals surface area (Å²) in [6.45, 7) is 10.2. The lowest BCUT2D eigenvalue weighted by Crippen LogP contribution is -2.48. The molecule has 0 saturated carbocycles. The summed E-state index contributed by atoms with van der Waals surface area (Å²) < 4.78 is 11.1. The second kappa shape index (κ2) is 6.69. The van der Waals surface area contributed by atoms with Crippen LogP contribution in [0.15, 0.2) is 0 Å². The average molecular weight is 244 g/mol. The van der Waals surface area contributed by atoms with Crippen LogP contribution in [0, 0.1) is 0 Å². The van der Waals surface area contributed by atoms with Crippen LogP contribution in [0.4, 0.5) is 0 Å². The first-order valence-corrected chi connectivity index (χ1v) is 6.64. The molecule has 1 rings (SSSR count). The minimum absolute atomic E-state index is 0.0791. The average Bonchev–Trinajstić information content (AvgIpc) is 2.36. The Morgan fingerprint density at radius 3 is 2.82 bits per heavy atom. The van der Waals surface area contributed by atoms with Crippen molar-refractivity contribution in [3.8, 4) is 0 Å². The number of hydrogen-bond donors (Lipinski definition) is 1. The molecular formula is C13H28N2O2. The molecular weight excluding hydrogens is 216 g/mol. The zero-order valence-electron chi connectivity index (χ0n) is 11.7. The van der Waals surface area contributed by atoms with Gasteiger partial charge in [-0.05, 0) is 33.2 Å². The lowest BCUT2D eigenvalue weighted by atomic mass is 9.96. The smallest absolute Gasteiger partial charge is 0.0773 e. The fourth-order valence-corrected chi connectivity index (χ4v) is 2.05. The topological polar surface area (TPSA) is 47.7 Å². The third-order valence-corrected chi connectivity index (χ3v) is 3.85. The fourth-order valence-electron chi connectivity index (χ4n) is 2.05. The summed E-state index contributed by atoms with van der Waals surface area (Å²) in [5.74, 6) is 0. The van der Waals surface area contributed by atoms with Crippen LogP contribution in [0.2, 0.25) is 0 Å². The molecule has 4 nitrogen and oxygen atoms in total. The maximum atomic E-state index is 6.16. The third-order valence-electron chi connectivity index (χ3n) is 3.85. The second-order valence-electron chi connectivity index (χ2n) is 5.40. The van der Waals surface area contributed by atoms with Gasteiger partial charge in [0, 0.05) is 26.2 Å². The third kappa shape index (κ3) is 4.54. The van der Waals surface area contributed by atoms with Crippen molar-refractivity contribution in [2.24, 2.45) is 5.73 Å². The van der Waals surface area contributed by atoms with E-state index in [0.29, 0.717) is 6.10 Å². The first-order chi connectivity index (χ1) is 7.99. The molecule has 0 aromatic rings. The van der Waals surface area contributed by atoms with Crippen molar-refractivity contribution in [2.45, 2.75) is 51.4 Å². The monoisotopic (exact) mass is 244 g/mol. The van der Waals surface area contributed by atoms with Gasteiger partial charge < -0.3 is 15.2 Å². The van der Waals surface area contributed by atoms with Crippen molar-refractivity contribution in [2.75, 3.05) is 33.4 Å². The van der Waals surface area contributed by atoms with Gasteiger partial charge in [-0.15, -0.1) is 0 Å². The van der Waals surface area contributed by atoms with Crippen molar-refractivity contribution in [1.82, 2.24) is 4.90 Å². The van der Waals surface area contributed by atoms with E-state index in [4.69, 9.17) is 15.2 Å². The fraction of sp³-hybridized carbons (Fsp3) is 1.00. The first-order valence-electron chi connectivity index (χ1n) is 6.64. The van der Waals surface area contributed by atoms with Gasteiger partial charge >= 0.3 is 0 Å². The zero-order valence-corrected chi connectivity index (χ0v) is 11.7. The number of rotatable bonds is 6. The number of nitrogens with two attached hydrogens (primary N) is 1. The molecule has 17 heavy (non-hydrogen) atoms. The molecule has 0 radical (unpaired) electrons.